The first-order chi connectivity index (χ1) is 15.2. The molecule has 0 bridgehead atoms. The molecular weight excluding hydrogens is 437 g/mol. The van der Waals surface area contributed by atoms with Gasteiger partial charge in [0.25, 0.3) is 0 Å². The highest BCUT2D eigenvalue weighted by Gasteiger charge is 2.19. The zero-order valence-corrected chi connectivity index (χ0v) is 16.2. The van der Waals surface area contributed by atoms with Gasteiger partial charge in [-0.25, -0.2) is 9.18 Å². The Bertz CT molecular complexity index is 1080. The van der Waals surface area contributed by atoms with Crippen LogP contribution in [-0.4, -0.2) is 24.3 Å². The highest BCUT2D eigenvalue weighted by Crippen LogP contribution is 2.37. The van der Waals surface area contributed by atoms with Gasteiger partial charge in [0.2, 0.25) is 0 Å². The lowest BCUT2D eigenvalue weighted by atomic mass is 10.1. The zero-order valence-electron chi connectivity index (χ0n) is 16.2. The number of halogens is 5. The average molecular weight is 453 g/mol. The van der Waals surface area contributed by atoms with Gasteiger partial charge in [0.05, 0.1) is 5.56 Å². The van der Waals surface area contributed by atoms with Gasteiger partial charge in [0.15, 0.2) is 11.5 Å². The number of carbonyl (C=O) groups is 1. The van der Waals surface area contributed by atoms with E-state index in [-0.39, 0.29) is 17.8 Å². The number of hydrogen-bond donors (Lipinski definition) is 1. The summed E-state index contributed by atoms with van der Waals surface area (Å²) in [6, 6.07) is 14.7. The number of aromatic carboxylic acids is 1. The molecule has 0 spiro atoms. The van der Waals surface area contributed by atoms with Crippen LogP contribution < -0.4 is 14.4 Å². The summed E-state index contributed by atoms with van der Waals surface area (Å²) in [5.74, 6) is -2.87. The minimum absolute atomic E-state index is 0.0340. The van der Waals surface area contributed by atoms with Crippen LogP contribution in [0.1, 0.15) is 15.9 Å². The molecule has 0 heterocycles. The monoisotopic (exact) mass is 453 g/mol. The Hall–Kier alpha value is -3.82. The van der Waals surface area contributed by atoms with Gasteiger partial charge in [-0.2, -0.15) is 17.6 Å². The molecule has 32 heavy (non-hydrogen) atoms. The smallest absolute Gasteiger partial charge is 0.387 e. The van der Waals surface area contributed by atoms with Crippen LogP contribution in [0.5, 0.6) is 11.5 Å². The number of ether oxygens (including phenoxy) is 2. The predicted molar refractivity (Wildman–Crippen MR) is 105 cm³/mol. The summed E-state index contributed by atoms with van der Waals surface area (Å²) in [4.78, 5) is 12.9. The van der Waals surface area contributed by atoms with E-state index in [1.165, 1.54) is 53.4 Å². The summed E-state index contributed by atoms with van der Waals surface area (Å²) in [7, 11) is 0. The van der Waals surface area contributed by atoms with Gasteiger partial charge in [-0.05, 0) is 48.0 Å². The standard InChI is InChI=1S/C22H16F5NO4/c23-15-6-4-13(5-7-15)12-28(16-3-1-2-14(10-16)20(29)30)17-8-9-18(31-21(24)25)19(11-17)32-22(26)27/h1-11,21-22H,12H2,(H,29,30). The molecule has 168 valence electrons. The number of hydrogen-bond acceptors (Lipinski definition) is 4. The maximum Gasteiger partial charge on any atom is 0.387 e. The lowest BCUT2D eigenvalue weighted by molar-refractivity contribution is -0.0692. The molecule has 0 radical (unpaired) electrons. The van der Waals surface area contributed by atoms with E-state index < -0.39 is 36.5 Å². The molecule has 0 atom stereocenters. The molecule has 0 saturated heterocycles. The van der Waals surface area contributed by atoms with Crippen molar-refractivity contribution >= 4 is 17.3 Å². The first kappa shape index (κ1) is 22.9. The van der Waals surface area contributed by atoms with Gasteiger partial charge >= 0.3 is 19.2 Å². The Morgan fingerprint density at radius 2 is 1.47 bits per heavy atom. The number of rotatable bonds is 9. The molecule has 3 aromatic carbocycles. The van der Waals surface area contributed by atoms with Crippen LogP contribution in [0.25, 0.3) is 0 Å². The molecule has 3 aromatic rings. The highest BCUT2D eigenvalue weighted by molar-refractivity contribution is 5.89. The molecule has 0 saturated carbocycles. The molecule has 3 rings (SSSR count). The fourth-order valence-corrected chi connectivity index (χ4v) is 2.96. The normalized spacial score (nSPS) is 11.0. The van der Waals surface area contributed by atoms with Crippen LogP contribution >= 0.6 is 0 Å². The number of nitrogens with zero attached hydrogens (tertiary/aromatic N) is 1. The van der Waals surface area contributed by atoms with Crippen molar-refractivity contribution in [3.63, 3.8) is 0 Å². The fourth-order valence-electron chi connectivity index (χ4n) is 2.96. The van der Waals surface area contributed by atoms with Crippen molar-refractivity contribution in [2.75, 3.05) is 4.90 Å². The van der Waals surface area contributed by atoms with Crippen molar-refractivity contribution in [1.82, 2.24) is 0 Å². The van der Waals surface area contributed by atoms with Gasteiger partial charge < -0.3 is 19.5 Å². The van der Waals surface area contributed by atoms with Gasteiger partial charge in [-0.15, -0.1) is 0 Å². The number of anilines is 2. The van der Waals surface area contributed by atoms with E-state index in [4.69, 9.17) is 0 Å². The van der Waals surface area contributed by atoms with E-state index in [1.54, 1.807) is 6.07 Å². The van der Waals surface area contributed by atoms with Crippen molar-refractivity contribution in [3.8, 4) is 11.5 Å². The Morgan fingerprint density at radius 3 is 2.09 bits per heavy atom. The first-order valence-electron chi connectivity index (χ1n) is 9.12. The van der Waals surface area contributed by atoms with Crippen molar-refractivity contribution in [1.29, 1.82) is 0 Å². The summed E-state index contributed by atoms with van der Waals surface area (Å²) in [5, 5.41) is 9.29. The number of benzene rings is 3. The maximum absolute atomic E-state index is 13.3. The lowest BCUT2D eigenvalue weighted by Crippen LogP contribution is -2.17. The Kier molecular flexibility index (Phi) is 7.14. The summed E-state index contributed by atoms with van der Waals surface area (Å²) in [5.41, 5.74) is 1.15. The predicted octanol–water partition coefficient (Wildman–Crippen LogP) is 6.07. The summed E-state index contributed by atoms with van der Waals surface area (Å²) >= 11 is 0. The molecule has 1 N–H and O–H groups in total. The van der Waals surface area contributed by atoms with Crippen molar-refractivity contribution in [2.24, 2.45) is 0 Å². The molecule has 0 aromatic heterocycles. The third-order valence-electron chi connectivity index (χ3n) is 4.33. The van der Waals surface area contributed by atoms with Gasteiger partial charge in [0.1, 0.15) is 5.82 Å². The zero-order chi connectivity index (χ0) is 23.3. The second-order valence-electron chi connectivity index (χ2n) is 6.46. The molecule has 5 nitrogen and oxygen atoms in total. The van der Waals surface area contributed by atoms with Crippen molar-refractivity contribution in [3.05, 3.63) is 83.7 Å². The quantitative estimate of drug-likeness (QED) is 0.399. The van der Waals surface area contributed by atoms with Crippen molar-refractivity contribution < 1.29 is 41.3 Å². The summed E-state index contributed by atoms with van der Waals surface area (Å²) < 4.78 is 72.8. The van der Waals surface area contributed by atoms with E-state index in [1.807, 2.05) is 0 Å². The molecule has 0 amide bonds. The van der Waals surface area contributed by atoms with Crippen LogP contribution in [0.2, 0.25) is 0 Å². The van der Waals surface area contributed by atoms with Crippen LogP contribution in [0.3, 0.4) is 0 Å². The molecule has 0 aliphatic carbocycles. The Balaban J connectivity index is 2.08. The van der Waals surface area contributed by atoms with Crippen molar-refractivity contribution in [2.45, 2.75) is 19.8 Å². The highest BCUT2D eigenvalue weighted by atomic mass is 19.3. The van der Waals surface area contributed by atoms with E-state index in [2.05, 4.69) is 9.47 Å². The van der Waals surface area contributed by atoms with E-state index >= 15 is 0 Å². The topological polar surface area (TPSA) is 59.0 Å². The third kappa shape index (κ3) is 5.87. The second-order valence-corrected chi connectivity index (χ2v) is 6.46. The minimum atomic E-state index is -3.30. The van der Waals surface area contributed by atoms with Crippen LogP contribution in [-0.2, 0) is 6.54 Å². The summed E-state index contributed by atoms with van der Waals surface area (Å²) in [6.07, 6.45) is 0. The first-order valence-corrected chi connectivity index (χ1v) is 9.12. The van der Waals surface area contributed by atoms with E-state index in [9.17, 15) is 31.9 Å². The lowest BCUT2D eigenvalue weighted by Gasteiger charge is -2.26. The van der Waals surface area contributed by atoms with E-state index in [0.717, 1.165) is 12.1 Å². The van der Waals surface area contributed by atoms with Crippen LogP contribution in [0.4, 0.5) is 33.3 Å². The van der Waals surface area contributed by atoms with Gasteiger partial charge in [-0.3, -0.25) is 0 Å². The molecule has 0 aliphatic rings. The van der Waals surface area contributed by atoms with Crippen LogP contribution in [0, 0.1) is 5.82 Å². The number of carboxylic acid groups (broad SMARTS) is 1. The second kappa shape index (κ2) is 9.99. The van der Waals surface area contributed by atoms with Crippen LogP contribution in [0.15, 0.2) is 66.7 Å². The molecular formula is C22H16F5NO4. The molecule has 0 fully saturated rings. The largest absolute Gasteiger partial charge is 0.478 e. The minimum Gasteiger partial charge on any atom is -0.478 e. The number of carboxylic acids is 1. The SMILES string of the molecule is O=C(O)c1cccc(N(Cc2ccc(F)cc2)c2ccc(OC(F)F)c(OC(F)F)c2)c1. The third-order valence-corrected chi connectivity index (χ3v) is 4.33. The Labute approximate surface area is 179 Å². The number of alkyl halides is 4. The molecule has 10 heteroatoms. The van der Waals surface area contributed by atoms with Gasteiger partial charge in [-0.1, -0.05) is 18.2 Å². The summed E-state index contributed by atoms with van der Waals surface area (Å²) in [6.45, 7) is -6.48. The van der Waals surface area contributed by atoms with E-state index in [0.29, 0.717) is 11.3 Å². The Morgan fingerprint density at radius 1 is 0.844 bits per heavy atom. The fraction of sp³-hybridized carbons (Fsp3) is 0.136. The molecule has 0 aliphatic heterocycles. The van der Waals surface area contributed by atoms with Gasteiger partial charge in [0, 0.05) is 24.0 Å². The average Bonchev–Trinajstić information content (AvgIpc) is 2.74. The maximum atomic E-state index is 13.3. The molecule has 0 unspecified atom stereocenters.